The van der Waals surface area contributed by atoms with Crippen molar-refractivity contribution in [3.8, 4) is 0 Å². The van der Waals surface area contributed by atoms with E-state index in [9.17, 15) is 68.2 Å². The van der Waals surface area contributed by atoms with E-state index in [1.807, 2.05) is 13.0 Å². The van der Waals surface area contributed by atoms with Gasteiger partial charge in [-0.1, -0.05) is 24.3 Å². The molecule has 0 aromatic heterocycles. The van der Waals surface area contributed by atoms with Gasteiger partial charge in [-0.3, -0.25) is 57.9 Å². The van der Waals surface area contributed by atoms with E-state index in [1.165, 1.54) is 14.7 Å². The van der Waals surface area contributed by atoms with E-state index in [2.05, 4.69) is 27.7 Å². The summed E-state index contributed by atoms with van der Waals surface area (Å²) in [5, 5.41) is 40.0. The van der Waals surface area contributed by atoms with Crippen LogP contribution in [0.15, 0.2) is 41.7 Å². The lowest BCUT2D eigenvalue weighted by Crippen LogP contribution is -2.48. The Bertz CT molecular complexity index is 1900. The number of nitroso groups, excluding NO2 is 1. The van der Waals surface area contributed by atoms with Crippen molar-refractivity contribution in [2.45, 2.75) is 71.1 Å². The smallest absolute Gasteiger partial charge is 0.333 e. The first-order chi connectivity index (χ1) is 31.9. The van der Waals surface area contributed by atoms with Crippen molar-refractivity contribution in [1.29, 1.82) is 0 Å². The minimum atomic E-state index is -1.30. The Balaban J connectivity index is 1.82. The van der Waals surface area contributed by atoms with Crippen molar-refractivity contribution < 1.29 is 68.1 Å². The fourth-order valence-corrected chi connectivity index (χ4v) is 6.63. The van der Waals surface area contributed by atoms with E-state index in [1.54, 1.807) is 18.2 Å². The summed E-state index contributed by atoms with van der Waals surface area (Å²) < 4.78 is 0. The lowest BCUT2D eigenvalue weighted by molar-refractivity contribution is -0.186. The van der Waals surface area contributed by atoms with Crippen LogP contribution >= 0.6 is 0 Å². The first-order valence-corrected chi connectivity index (χ1v) is 21.9. The topological polar surface area (TPSA) is 322 Å². The number of hydrogen-bond donors (Lipinski definition) is 6. The zero-order valence-electron chi connectivity index (χ0n) is 37.9. The summed E-state index contributed by atoms with van der Waals surface area (Å²) in [5.74, 6) is -7.58. The highest BCUT2D eigenvalue weighted by molar-refractivity contribution is 5.94. The Morgan fingerprint density at radius 1 is 0.672 bits per heavy atom. The second kappa shape index (κ2) is 31.3. The maximum atomic E-state index is 13.3. The van der Waals surface area contributed by atoms with Gasteiger partial charge in [-0.2, -0.15) is 0 Å². The Morgan fingerprint density at radius 2 is 1.24 bits per heavy atom. The second-order valence-electron chi connectivity index (χ2n) is 15.8. The standard InChI is InChI=1S/C43H63N9O15/c1-31-10-9-11-33(24-31)43(65)46-18-7-8-19-51(30-41(62)63)38(57)27-49(26-36(55)47-66)22-20-48(28-39(58)59)21-23-50(29-40(60)61)25-35(54)45-17-6-5-16-44-34(53)12-3-4-13-42(64)67-52-32(2)14-15-37(52)56/h9-11,24H,2-8,12-23,25-30H2,1H3,(H,44,53)(H,45,54)(H,46,65)(H,58,59)(H,60,61)(H,62,63). The molecule has 0 atom stereocenters. The van der Waals surface area contributed by atoms with Crippen LogP contribution < -0.4 is 16.0 Å². The fraction of sp³-hybridized carbons (Fsp3) is 0.581. The number of hydroxylamine groups is 2. The third-order valence-electron chi connectivity index (χ3n) is 10.1. The minimum absolute atomic E-state index is 0.0114. The number of nitrogens with zero attached hydrogens (tertiary/aromatic N) is 6. The molecule has 1 heterocycles. The molecular weight excluding hydrogens is 883 g/mol. The fourth-order valence-electron chi connectivity index (χ4n) is 6.63. The molecule has 0 radical (unpaired) electrons. The zero-order chi connectivity index (χ0) is 49.7. The van der Waals surface area contributed by atoms with E-state index < -0.39 is 74.3 Å². The lowest BCUT2D eigenvalue weighted by Gasteiger charge is -2.29. The van der Waals surface area contributed by atoms with Gasteiger partial charge in [0.15, 0.2) is 0 Å². The van der Waals surface area contributed by atoms with Gasteiger partial charge < -0.3 is 41.0 Å². The number of hydrogen-bond acceptors (Lipinski definition) is 15. The van der Waals surface area contributed by atoms with Crippen molar-refractivity contribution in [3.63, 3.8) is 0 Å². The van der Waals surface area contributed by atoms with Crippen LogP contribution in [0.4, 0.5) is 0 Å². The molecule has 67 heavy (non-hydrogen) atoms. The van der Waals surface area contributed by atoms with Crippen molar-refractivity contribution in [2.75, 3.05) is 91.6 Å². The molecule has 1 fully saturated rings. The average Bonchev–Trinajstić information content (AvgIpc) is 3.57. The molecule has 0 bridgehead atoms. The minimum Gasteiger partial charge on any atom is -0.480 e. The maximum Gasteiger partial charge on any atom is 0.333 e. The lowest BCUT2D eigenvalue weighted by atomic mass is 10.1. The Morgan fingerprint density at radius 3 is 1.84 bits per heavy atom. The van der Waals surface area contributed by atoms with Gasteiger partial charge in [-0.25, -0.2) is 4.79 Å². The predicted octanol–water partition coefficient (Wildman–Crippen LogP) is -0.0463. The molecule has 1 aliphatic heterocycles. The third-order valence-corrected chi connectivity index (χ3v) is 10.1. The summed E-state index contributed by atoms with van der Waals surface area (Å²) in [4.78, 5) is 142. The maximum absolute atomic E-state index is 13.3. The van der Waals surface area contributed by atoms with Crippen molar-refractivity contribution >= 4 is 59.3 Å². The number of carboxylic acid groups (broad SMARTS) is 3. The Hall–Kier alpha value is -6.66. The largest absolute Gasteiger partial charge is 0.480 e. The molecule has 1 aliphatic rings. The number of benzene rings is 1. The van der Waals surface area contributed by atoms with E-state index in [0.717, 1.165) is 15.5 Å². The summed E-state index contributed by atoms with van der Waals surface area (Å²) in [7, 11) is 0. The Kier molecular flexibility index (Phi) is 26.4. The van der Waals surface area contributed by atoms with Gasteiger partial charge in [0.05, 0.1) is 38.4 Å². The monoisotopic (exact) mass is 945 g/mol. The van der Waals surface area contributed by atoms with Crippen LogP contribution in [0.5, 0.6) is 0 Å². The molecule has 24 nitrogen and oxygen atoms in total. The molecule has 2 rings (SSSR count). The molecule has 0 spiro atoms. The van der Waals surface area contributed by atoms with Crippen LogP contribution in [0.25, 0.3) is 0 Å². The summed E-state index contributed by atoms with van der Waals surface area (Å²) in [5.41, 5.74) is 1.81. The van der Waals surface area contributed by atoms with Crippen LogP contribution in [-0.2, 0) is 48.0 Å². The molecule has 1 aromatic carbocycles. The number of carboxylic acids is 3. The highest BCUT2D eigenvalue weighted by atomic mass is 16.7. The Labute approximate surface area is 387 Å². The van der Waals surface area contributed by atoms with Crippen molar-refractivity contribution in [1.82, 2.24) is 40.6 Å². The van der Waals surface area contributed by atoms with E-state index in [0.29, 0.717) is 62.8 Å². The first-order valence-electron chi connectivity index (χ1n) is 21.9. The van der Waals surface area contributed by atoms with Gasteiger partial charge in [0, 0.05) is 82.4 Å². The van der Waals surface area contributed by atoms with Crippen molar-refractivity contribution in [2.24, 2.45) is 5.18 Å². The van der Waals surface area contributed by atoms with Crippen LogP contribution in [0.3, 0.4) is 0 Å². The molecule has 0 saturated carbocycles. The number of nitrogens with one attached hydrogen (secondary N) is 3. The van der Waals surface area contributed by atoms with Gasteiger partial charge in [-0.05, 0) is 64.0 Å². The van der Waals surface area contributed by atoms with Gasteiger partial charge >= 0.3 is 23.9 Å². The molecular formula is C43H63N9O15. The number of amides is 6. The predicted molar refractivity (Wildman–Crippen MR) is 237 cm³/mol. The van der Waals surface area contributed by atoms with Crippen LogP contribution in [-0.4, -0.2) is 191 Å². The summed E-state index contributed by atoms with van der Waals surface area (Å²) in [6, 6.07) is 7.00. The highest BCUT2D eigenvalue weighted by Crippen LogP contribution is 2.21. The first kappa shape index (κ1) is 56.5. The molecule has 6 amide bonds. The number of aryl methyl sites for hydroxylation is 1. The summed E-state index contributed by atoms with van der Waals surface area (Å²) in [6.45, 7) is 2.58. The van der Waals surface area contributed by atoms with E-state index in [4.69, 9.17) is 4.84 Å². The molecule has 0 aliphatic carbocycles. The number of rotatable bonds is 35. The molecule has 1 aromatic rings. The number of carbonyl (C=O) groups excluding carboxylic acids is 7. The number of allylic oxidation sites excluding steroid dienone is 1. The number of unbranched alkanes of at least 4 members (excludes halogenated alkanes) is 3. The second-order valence-corrected chi connectivity index (χ2v) is 15.8. The highest BCUT2D eigenvalue weighted by Gasteiger charge is 2.28. The van der Waals surface area contributed by atoms with Crippen LogP contribution in [0, 0.1) is 11.8 Å². The summed E-state index contributed by atoms with van der Waals surface area (Å²) >= 11 is 0. The molecule has 0 unspecified atom stereocenters. The third kappa shape index (κ3) is 25.0. The summed E-state index contributed by atoms with van der Waals surface area (Å²) in [6.07, 6.45) is 3.38. The number of aliphatic carboxylic acids is 3. The van der Waals surface area contributed by atoms with Gasteiger partial charge in [-0.15, -0.1) is 9.97 Å². The SMILES string of the molecule is C=C1CCC(=O)N1OC(=O)CCCCC(=O)NCCCCNC(=O)CN(CCN(CCN(CC(=O)N=O)CC(=O)N(CCCCNC(=O)c1cccc(C)c1)CC(=O)O)CC(=O)O)CC(=O)O. The zero-order valence-corrected chi connectivity index (χ0v) is 37.9. The molecule has 6 N–H and O–H groups in total. The molecule has 1 saturated heterocycles. The van der Waals surface area contributed by atoms with Gasteiger partial charge in [0.1, 0.15) is 6.54 Å². The van der Waals surface area contributed by atoms with Crippen LogP contribution in [0.1, 0.15) is 80.1 Å². The normalized spacial score (nSPS) is 12.3. The van der Waals surface area contributed by atoms with E-state index >= 15 is 0 Å². The van der Waals surface area contributed by atoms with Crippen LogP contribution in [0.2, 0.25) is 0 Å². The van der Waals surface area contributed by atoms with E-state index in [-0.39, 0.29) is 89.3 Å². The van der Waals surface area contributed by atoms with Crippen molar-refractivity contribution in [3.05, 3.63) is 52.6 Å². The average molecular weight is 946 g/mol. The van der Waals surface area contributed by atoms with Gasteiger partial charge in [0.25, 0.3) is 17.7 Å². The van der Waals surface area contributed by atoms with Gasteiger partial charge in [0.2, 0.25) is 17.7 Å². The molecule has 370 valence electrons. The number of carbonyl (C=O) groups is 10. The molecule has 24 heteroatoms. The quantitative estimate of drug-likeness (QED) is 0.0384.